The van der Waals surface area contributed by atoms with Crippen molar-refractivity contribution in [1.82, 2.24) is 5.43 Å². The van der Waals surface area contributed by atoms with Gasteiger partial charge in [-0.15, -0.1) is 0 Å². The van der Waals surface area contributed by atoms with Crippen LogP contribution in [0.1, 0.15) is 34.0 Å². The van der Waals surface area contributed by atoms with Crippen molar-refractivity contribution in [2.45, 2.75) is 20.5 Å². The lowest BCUT2D eigenvalue weighted by atomic mass is 10.1. The van der Waals surface area contributed by atoms with Crippen LogP contribution in [0.15, 0.2) is 59.7 Å². The van der Waals surface area contributed by atoms with Crippen LogP contribution in [0, 0.1) is 6.92 Å². The number of nitrogens with one attached hydrogen (secondary N) is 1. The Morgan fingerprint density at radius 1 is 1.00 bits per heavy atom. The van der Waals surface area contributed by atoms with Gasteiger partial charge in [0.15, 0.2) is 11.5 Å². The molecule has 0 aliphatic rings. The van der Waals surface area contributed by atoms with Crippen LogP contribution >= 0.6 is 11.6 Å². The molecule has 3 aromatic rings. The maximum atomic E-state index is 12.4. The summed E-state index contributed by atoms with van der Waals surface area (Å²) in [5.41, 5.74) is 5.33. The molecule has 3 aromatic carbocycles. The predicted octanol–water partition coefficient (Wildman–Crippen LogP) is 4.93. The maximum Gasteiger partial charge on any atom is 0.308 e. The number of esters is 1. The van der Waals surface area contributed by atoms with E-state index in [2.05, 4.69) is 10.5 Å². The number of halogens is 1. The van der Waals surface area contributed by atoms with E-state index in [1.807, 2.05) is 31.2 Å². The van der Waals surface area contributed by atoms with Crippen molar-refractivity contribution in [2.24, 2.45) is 5.10 Å². The number of benzene rings is 3. The third-order valence-electron chi connectivity index (χ3n) is 4.86. The number of nitrogens with zero attached hydrogens (tertiary/aromatic N) is 1. The van der Waals surface area contributed by atoms with E-state index in [-0.39, 0.29) is 11.7 Å². The molecule has 0 atom stereocenters. The summed E-state index contributed by atoms with van der Waals surface area (Å²) in [4.78, 5) is 23.8. The van der Waals surface area contributed by atoms with E-state index in [1.165, 1.54) is 27.4 Å². The van der Waals surface area contributed by atoms with Gasteiger partial charge in [0.2, 0.25) is 5.75 Å². The van der Waals surface area contributed by atoms with E-state index < -0.39 is 5.97 Å². The molecule has 0 aliphatic carbocycles. The topological polar surface area (TPSA) is 95.5 Å². The lowest BCUT2D eigenvalue weighted by molar-refractivity contribution is -0.132. The van der Waals surface area contributed by atoms with Crippen LogP contribution in [0.2, 0.25) is 5.02 Å². The Kier molecular flexibility index (Phi) is 8.69. The third kappa shape index (κ3) is 6.97. The number of hydrogen-bond donors (Lipinski definition) is 1. The van der Waals surface area contributed by atoms with Crippen molar-refractivity contribution >= 4 is 29.7 Å². The van der Waals surface area contributed by atoms with Gasteiger partial charge >= 0.3 is 5.97 Å². The number of carbonyl (C=O) groups excluding carboxylic acids is 2. The van der Waals surface area contributed by atoms with E-state index >= 15 is 0 Å². The highest BCUT2D eigenvalue weighted by Crippen LogP contribution is 2.38. The zero-order valence-corrected chi connectivity index (χ0v) is 20.5. The van der Waals surface area contributed by atoms with Crippen molar-refractivity contribution in [3.63, 3.8) is 0 Å². The Bertz CT molecular complexity index is 1220. The second-order valence-electron chi connectivity index (χ2n) is 7.44. The molecule has 1 N–H and O–H groups in total. The molecule has 0 fully saturated rings. The summed E-state index contributed by atoms with van der Waals surface area (Å²) in [7, 11) is 2.88. The number of hydrazone groups is 1. The smallest absolute Gasteiger partial charge is 0.308 e. The summed E-state index contributed by atoms with van der Waals surface area (Å²) in [6.45, 7) is 3.55. The monoisotopic (exact) mass is 496 g/mol. The molecule has 1 amide bonds. The van der Waals surface area contributed by atoms with Crippen LogP contribution in [0.5, 0.6) is 23.0 Å². The Balaban J connectivity index is 1.61. The normalized spacial score (nSPS) is 10.7. The molecule has 0 saturated carbocycles. The van der Waals surface area contributed by atoms with Crippen LogP contribution in [0.25, 0.3) is 0 Å². The molecule has 182 valence electrons. The molecular weight excluding hydrogens is 472 g/mol. The van der Waals surface area contributed by atoms with E-state index in [9.17, 15) is 9.59 Å². The van der Waals surface area contributed by atoms with Crippen molar-refractivity contribution in [2.75, 3.05) is 14.2 Å². The predicted molar refractivity (Wildman–Crippen MR) is 133 cm³/mol. The van der Waals surface area contributed by atoms with Gasteiger partial charge in [0.25, 0.3) is 5.91 Å². The summed E-state index contributed by atoms with van der Waals surface area (Å²) < 4.78 is 21.5. The quantitative estimate of drug-likeness (QED) is 0.195. The molecular formula is C26H25ClN2O6. The Morgan fingerprint density at radius 2 is 1.66 bits per heavy atom. The number of ether oxygens (including phenoxy) is 4. The number of amides is 1. The molecule has 0 spiro atoms. The number of carbonyl (C=O) groups is 2. The summed E-state index contributed by atoms with van der Waals surface area (Å²) in [5, 5.41) is 4.68. The Morgan fingerprint density at radius 3 is 2.23 bits per heavy atom. The first kappa shape index (κ1) is 25.6. The number of rotatable bonds is 9. The minimum Gasteiger partial charge on any atom is -0.493 e. The fraction of sp³-hybridized carbons (Fsp3) is 0.192. The Labute approximate surface area is 208 Å². The zero-order valence-electron chi connectivity index (χ0n) is 19.8. The molecule has 0 aliphatic heterocycles. The first-order chi connectivity index (χ1) is 16.8. The van der Waals surface area contributed by atoms with E-state index in [0.717, 1.165) is 16.9 Å². The molecule has 3 rings (SSSR count). The second-order valence-corrected chi connectivity index (χ2v) is 7.85. The summed E-state index contributed by atoms with van der Waals surface area (Å²) >= 11 is 6.03. The molecule has 0 unspecified atom stereocenters. The minimum atomic E-state index is -0.507. The van der Waals surface area contributed by atoms with Crippen LogP contribution in [-0.4, -0.2) is 32.3 Å². The van der Waals surface area contributed by atoms with Crippen LogP contribution in [0.3, 0.4) is 0 Å². The fourth-order valence-electron chi connectivity index (χ4n) is 3.08. The highest BCUT2D eigenvalue weighted by atomic mass is 35.5. The minimum absolute atomic E-state index is 0.166. The molecule has 8 nitrogen and oxygen atoms in total. The van der Waals surface area contributed by atoms with Crippen LogP contribution in [0.4, 0.5) is 0 Å². The maximum absolute atomic E-state index is 12.4. The van der Waals surface area contributed by atoms with Gasteiger partial charge in [-0.25, -0.2) is 5.43 Å². The van der Waals surface area contributed by atoms with Crippen molar-refractivity contribution in [3.05, 3.63) is 81.9 Å². The van der Waals surface area contributed by atoms with E-state index in [0.29, 0.717) is 34.3 Å². The molecule has 0 aromatic heterocycles. The van der Waals surface area contributed by atoms with E-state index in [4.69, 9.17) is 30.5 Å². The van der Waals surface area contributed by atoms with Crippen molar-refractivity contribution < 1.29 is 28.5 Å². The summed E-state index contributed by atoms with van der Waals surface area (Å²) in [6.07, 6.45) is 1.43. The largest absolute Gasteiger partial charge is 0.493 e. The number of methoxy groups -OCH3 is 2. The first-order valence-electron chi connectivity index (χ1n) is 10.6. The first-order valence-corrected chi connectivity index (χ1v) is 10.9. The number of hydrogen-bond acceptors (Lipinski definition) is 7. The average Bonchev–Trinajstić information content (AvgIpc) is 2.85. The van der Waals surface area contributed by atoms with E-state index in [1.54, 1.807) is 30.3 Å². The lowest BCUT2D eigenvalue weighted by Crippen LogP contribution is -2.17. The van der Waals surface area contributed by atoms with Gasteiger partial charge in [0.05, 0.1) is 20.4 Å². The zero-order chi connectivity index (χ0) is 25.4. The van der Waals surface area contributed by atoms with Crippen molar-refractivity contribution in [3.8, 4) is 23.0 Å². The second kappa shape index (κ2) is 11.9. The molecule has 0 heterocycles. The van der Waals surface area contributed by atoms with Gasteiger partial charge < -0.3 is 18.9 Å². The van der Waals surface area contributed by atoms with Crippen LogP contribution in [-0.2, 0) is 11.4 Å². The fourth-order valence-corrected chi connectivity index (χ4v) is 3.19. The molecule has 9 heteroatoms. The third-order valence-corrected chi connectivity index (χ3v) is 5.28. The van der Waals surface area contributed by atoms with Gasteiger partial charge in [0.1, 0.15) is 12.4 Å². The Hall–Kier alpha value is -4.04. The highest BCUT2D eigenvalue weighted by Gasteiger charge is 2.15. The molecule has 0 bridgehead atoms. The summed E-state index contributed by atoms with van der Waals surface area (Å²) in [5.74, 6) is 0.583. The van der Waals surface area contributed by atoms with Gasteiger partial charge in [0, 0.05) is 23.1 Å². The van der Waals surface area contributed by atoms with Crippen molar-refractivity contribution in [1.29, 1.82) is 0 Å². The average molecular weight is 497 g/mol. The summed E-state index contributed by atoms with van der Waals surface area (Å²) in [6, 6.07) is 15.7. The SMILES string of the molecule is COc1cc(/C=N/NC(=O)c2ccc(COc3ccc(Cl)c(C)c3)cc2)cc(OC)c1OC(C)=O. The molecule has 35 heavy (non-hydrogen) atoms. The van der Waals surface area contributed by atoms with Gasteiger partial charge in [-0.3, -0.25) is 9.59 Å². The van der Waals surface area contributed by atoms with Gasteiger partial charge in [-0.05, 0) is 60.5 Å². The van der Waals surface area contributed by atoms with Gasteiger partial charge in [-0.1, -0.05) is 23.7 Å². The highest BCUT2D eigenvalue weighted by molar-refractivity contribution is 6.31. The molecule has 0 saturated heterocycles. The van der Waals surface area contributed by atoms with Crippen LogP contribution < -0.4 is 24.4 Å². The molecule has 0 radical (unpaired) electrons. The standard InChI is InChI=1S/C26H25ClN2O6/c1-16-11-21(9-10-22(16)27)34-15-18-5-7-20(8-6-18)26(31)29-28-14-19-12-23(32-3)25(35-17(2)30)24(13-19)33-4/h5-14H,15H2,1-4H3,(H,29,31)/b28-14+. The van der Waals surface area contributed by atoms with Gasteiger partial charge in [-0.2, -0.15) is 5.10 Å². The number of aryl methyl sites for hydroxylation is 1. The lowest BCUT2D eigenvalue weighted by Gasteiger charge is -2.13.